The predicted molar refractivity (Wildman–Crippen MR) is 68.7 cm³/mol. The van der Waals surface area contributed by atoms with Crippen LogP contribution in [-0.2, 0) is 0 Å². The first-order valence-electron chi connectivity index (χ1n) is 5.24. The second-order valence-corrected chi connectivity index (χ2v) is 5.54. The van der Waals surface area contributed by atoms with Gasteiger partial charge >= 0.3 is 0 Å². The van der Waals surface area contributed by atoms with Crippen molar-refractivity contribution in [1.29, 1.82) is 0 Å². The Balaban J connectivity index is 3.00. The average molecular weight is 296 g/mol. The van der Waals surface area contributed by atoms with Crippen LogP contribution in [0.4, 0.5) is 14.5 Å². The zero-order valence-electron chi connectivity index (χ0n) is 9.61. The number of thioether (sulfide) groups is 1. The molecule has 0 bridgehead atoms. The third-order valence-corrected chi connectivity index (χ3v) is 3.77. The first-order valence-corrected chi connectivity index (χ1v) is 6.66. The largest absolute Gasteiger partial charge is 0.269 e. The molecule has 0 aromatic heterocycles. The van der Waals surface area contributed by atoms with Gasteiger partial charge in [-0.25, -0.2) is 8.78 Å². The Morgan fingerprint density at radius 3 is 2.67 bits per heavy atom. The normalized spacial score (nSPS) is 12.7. The molecule has 0 heterocycles. The Morgan fingerprint density at radius 2 is 2.17 bits per heavy atom. The van der Waals surface area contributed by atoms with E-state index in [2.05, 4.69) is 0 Å². The van der Waals surface area contributed by atoms with Gasteiger partial charge in [-0.3, -0.25) is 10.1 Å². The fourth-order valence-corrected chi connectivity index (χ4v) is 2.91. The van der Waals surface area contributed by atoms with Crippen molar-refractivity contribution < 1.29 is 13.7 Å². The lowest BCUT2D eigenvalue weighted by molar-refractivity contribution is -0.385. The summed E-state index contributed by atoms with van der Waals surface area (Å²) in [7, 11) is 0. The Morgan fingerprint density at radius 1 is 1.50 bits per heavy atom. The number of hydrogen-bond acceptors (Lipinski definition) is 3. The summed E-state index contributed by atoms with van der Waals surface area (Å²) in [5.41, 5.74) is -0.615. The number of rotatable bonds is 6. The van der Waals surface area contributed by atoms with Crippen molar-refractivity contribution in [3.63, 3.8) is 0 Å². The van der Waals surface area contributed by atoms with Gasteiger partial charge in [0.1, 0.15) is 0 Å². The molecule has 0 spiro atoms. The van der Waals surface area contributed by atoms with Gasteiger partial charge in [-0.15, -0.1) is 23.4 Å². The lowest BCUT2D eigenvalue weighted by Gasteiger charge is -2.12. The van der Waals surface area contributed by atoms with Crippen molar-refractivity contribution in [2.24, 2.45) is 0 Å². The van der Waals surface area contributed by atoms with Gasteiger partial charge in [0.15, 0.2) is 0 Å². The molecule has 7 heteroatoms. The molecule has 0 aliphatic carbocycles. The van der Waals surface area contributed by atoms with Crippen molar-refractivity contribution in [2.75, 3.05) is 5.88 Å². The van der Waals surface area contributed by atoms with Gasteiger partial charge in [0, 0.05) is 33.7 Å². The van der Waals surface area contributed by atoms with E-state index in [-0.39, 0.29) is 16.5 Å². The molecule has 0 radical (unpaired) electrons. The van der Waals surface area contributed by atoms with E-state index >= 15 is 0 Å². The van der Waals surface area contributed by atoms with Crippen molar-refractivity contribution >= 4 is 29.1 Å². The maximum absolute atomic E-state index is 12.8. The minimum atomic E-state index is -2.73. The van der Waals surface area contributed by atoms with Gasteiger partial charge < -0.3 is 0 Å². The molecule has 0 aliphatic heterocycles. The van der Waals surface area contributed by atoms with Crippen LogP contribution in [0, 0.1) is 10.1 Å². The van der Waals surface area contributed by atoms with Gasteiger partial charge in [-0.2, -0.15) is 0 Å². The van der Waals surface area contributed by atoms with Crippen LogP contribution in [0.25, 0.3) is 0 Å². The van der Waals surface area contributed by atoms with Crippen LogP contribution in [0.5, 0.6) is 0 Å². The second-order valence-electron chi connectivity index (χ2n) is 3.69. The molecule has 0 amide bonds. The fraction of sp³-hybridized carbons (Fsp3) is 0.455. The maximum Gasteiger partial charge on any atom is 0.269 e. The number of halogens is 3. The zero-order valence-corrected chi connectivity index (χ0v) is 11.2. The summed E-state index contributed by atoms with van der Waals surface area (Å²) >= 11 is 6.84. The van der Waals surface area contributed by atoms with Gasteiger partial charge in [-0.05, 0) is 12.5 Å². The summed E-state index contributed by atoms with van der Waals surface area (Å²) in [5.74, 6) is 0.450. The molecule has 1 aromatic carbocycles. The monoisotopic (exact) mass is 295 g/mol. The Labute approximate surface area is 113 Å². The molecule has 100 valence electrons. The van der Waals surface area contributed by atoms with Crippen LogP contribution in [0.2, 0.25) is 0 Å². The lowest BCUT2D eigenvalue weighted by Crippen LogP contribution is -2.00. The third kappa shape index (κ3) is 4.10. The van der Waals surface area contributed by atoms with Gasteiger partial charge in [0.05, 0.1) is 4.92 Å². The maximum atomic E-state index is 12.8. The molecule has 0 N–H and O–H groups in total. The Bertz CT molecular complexity index is 432. The van der Waals surface area contributed by atoms with Gasteiger partial charge in [0.25, 0.3) is 12.1 Å². The summed E-state index contributed by atoms with van der Waals surface area (Å²) in [5, 5.41) is 10.6. The molecule has 1 unspecified atom stereocenters. The quantitative estimate of drug-likeness (QED) is 0.332. The molecular formula is C11H12ClF2NO2S. The first kappa shape index (κ1) is 15.2. The average Bonchev–Trinajstić information content (AvgIpc) is 2.29. The van der Waals surface area contributed by atoms with Crippen LogP contribution in [0.15, 0.2) is 23.1 Å². The summed E-state index contributed by atoms with van der Waals surface area (Å²) in [4.78, 5) is 10.2. The van der Waals surface area contributed by atoms with Crippen LogP contribution < -0.4 is 0 Å². The SMILES string of the molecule is CC(CCCl)Sc1ccc([N+](=O)[O-])cc1C(F)F. The van der Waals surface area contributed by atoms with E-state index in [1.807, 2.05) is 6.92 Å². The second kappa shape index (κ2) is 6.89. The molecule has 1 atom stereocenters. The van der Waals surface area contributed by atoms with E-state index in [0.717, 1.165) is 6.07 Å². The van der Waals surface area contributed by atoms with E-state index in [1.165, 1.54) is 23.9 Å². The van der Waals surface area contributed by atoms with E-state index in [0.29, 0.717) is 17.2 Å². The number of nitro groups is 1. The van der Waals surface area contributed by atoms with Gasteiger partial charge in [0.2, 0.25) is 0 Å². The number of benzene rings is 1. The van der Waals surface area contributed by atoms with Crippen LogP contribution in [0.1, 0.15) is 25.3 Å². The standard InChI is InChI=1S/C11H12ClF2NO2S/c1-7(4-5-12)18-10-3-2-8(15(16)17)6-9(10)11(13)14/h2-3,6-7,11H,4-5H2,1H3. The minimum Gasteiger partial charge on any atom is -0.258 e. The van der Waals surface area contributed by atoms with E-state index in [9.17, 15) is 18.9 Å². The van der Waals surface area contributed by atoms with Crippen LogP contribution in [0.3, 0.4) is 0 Å². The van der Waals surface area contributed by atoms with Gasteiger partial charge in [-0.1, -0.05) is 6.92 Å². The molecular weight excluding hydrogens is 284 g/mol. The van der Waals surface area contributed by atoms with E-state index in [1.54, 1.807) is 0 Å². The number of non-ortho nitro benzene ring substituents is 1. The summed E-state index contributed by atoms with van der Waals surface area (Å²) in [6, 6.07) is 3.54. The highest BCUT2D eigenvalue weighted by atomic mass is 35.5. The van der Waals surface area contributed by atoms with Crippen molar-refractivity contribution in [3.05, 3.63) is 33.9 Å². The highest BCUT2D eigenvalue weighted by Crippen LogP contribution is 2.36. The smallest absolute Gasteiger partial charge is 0.258 e. The predicted octanol–water partition coefficient (Wildman–Crippen LogP) is 4.64. The first-order chi connectivity index (χ1) is 8.45. The van der Waals surface area contributed by atoms with Crippen molar-refractivity contribution in [2.45, 2.75) is 29.9 Å². The molecule has 1 aromatic rings. The Kier molecular flexibility index (Phi) is 5.81. The third-order valence-electron chi connectivity index (χ3n) is 2.28. The van der Waals surface area contributed by atoms with Crippen LogP contribution in [-0.4, -0.2) is 16.1 Å². The number of nitrogens with zero attached hydrogens (tertiary/aromatic N) is 1. The summed E-state index contributed by atoms with van der Waals surface area (Å²) in [6.45, 7) is 1.88. The van der Waals surface area contributed by atoms with Crippen LogP contribution >= 0.6 is 23.4 Å². The summed E-state index contributed by atoms with van der Waals surface area (Å²) < 4.78 is 25.7. The molecule has 0 saturated heterocycles. The number of nitro benzene ring substituents is 1. The molecule has 18 heavy (non-hydrogen) atoms. The highest BCUT2D eigenvalue weighted by Gasteiger charge is 2.19. The molecule has 3 nitrogen and oxygen atoms in total. The van der Waals surface area contributed by atoms with Crippen molar-refractivity contribution in [1.82, 2.24) is 0 Å². The fourth-order valence-electron chi connectivity index (χ4n) is 1.36. The minimum absolute atomic E-state index is 0.0847. The molecule has 0 fully saturated rings. The molecule has 0 aliphatic rings. The molecule has 0 saturated carbocycles. The summed E-state index contributed by atoms with van der Waals surface area (Å²) in [6.07, 6.45) is -2.04. The lowest BCUT2D eigenvalue weighted by atomic mass is 10.2. The number of alkyl halides is 3. The topological polar surface area (TPSA) is 43.1 Å². The zero-order chi connectivity index (χ0) is 13.7. The van der Waals surface area contributed by atoms with E-state index in [4.69, 9.17) is 11.6 Å². The van der Waals surface area contributed by atoms with E-state index < -0.39 is 11.3 Å². The van der Waals surface area contributed by atoms with Crippen molar-refractivity contribution in [3.8, 4) is 0 Å². The molecule has 1 rings (SSSR count). The Hall–Kier alpha value is -0.880. The highest BCUT2D eigenvalue weighted by molar-refractivity contribution is 8.00. The number of hydrogen-bond donors (Lipinski definition) is 0.